The van der Waals surface area contributed by atoms with E-state index in [1.54, 1.807) is 12.1 Å². The topological polar surface area (TPSA) is 91.0 Å². The van der Waals surface area contributed by atoms with Crippen molar-refractivity contribution in [2.45, 2.75) is 50.6 Å². The van der Waals surface area contributed by atoms with Crippen LogP contribution < -0.4 is 15.5 Å². The van der Waals surface area contributed by atoms with Crippen molar-refractivity contribution >= 4 is 42.8 Å². The molecule has 3 aliphatic rings. The van der Waals surface area contributed by atoms with Crippen molar-refractivity contribution in [3.8, 4) is 0 Å². The average Bonchev–Trinajstić information content (AvgIpc) is 2.81. The Labute approximate surface area is 193 Å². The molecular formula is C23H30BFN4O4. The molecule has 1 unspecified atom stereocenters. The molecule has 2 N–H and O–H groups in total. The van der Waals surface area contributed by atoms with E-state index in [0.717, 1.165) is 51.9 Å². The standard InChI is InChI=1S/C23H30BFN4O4/c1-24-33-23(32)15-2-5-17(6-3-15)28-10-12-29(13-11-28)20-8-4-16(14-18(20)25)26-19-7-9-21(30)27-22(19)31/h4,8,14-15,17,19,26H,1-3,5-7,9-13H2,(H,27,30,31). The zero-order chi connectivity index (χ0) is 23.4. The Bertz CT molecular complexity index is 914. The van der Waals surface area contributed by atoms with E-state index in [2.05, 4.69) is 26.9 Å². The maximum absolute atomic E-state index is 14.9. The summed E-state index contributed by atoms with van der Waals surface area (Å²) >= 11 is 0. The summed E-state index contributed by atoms with van der Waals surface area (Å²) < 4.78 is 19.8. The van der Waals surface area contributed by atoms with Gasteiger partial charge in [0.15, 0.2) is 0 Å². The van der Waals surface area contributed by atoms with Crippen LogP contribution in [0.2, 0.25) is 0 Å². The van der Waals surface area contributed by atoms with E-state index in [0.29, 0.717) is 23.8 Å². The first-order valence-electron chi connectivity index (χ1n) is 11.6. The van der Waals surface area contributed by atoms with E-state index < -0.39 is 6.04 Å². The van der Waals surface area contributed by atoms with Crippen LogP contribution in [0.4, 0.5) is 15.8 Å². The van der Waals surface area contributed by atoms with Gasteiger partial charge in [-0.3, -0.25) is 14.9 Å². The normalized spacial score (nSPS) is 26.3. The number of amides is 2. The molecule has 0 radical (unpaired) electrons. The van der Waals surface area contributed by atoms with Gasteiger partial charge in [0.05, 0.1) is 0 Å². The van der Waals surface area contributed by atoms with Crippen LogP contribution >= 0.6 is 0 Å². The molecule has 3 fully saturated rings. The number of hydrogen-bond donors (Lipinski definition) is 2. The van der Waals surface area contributed by atoms with Crippen LogP contribution in [-0.4, -0.2) is 74.5 Å². The molecule has 0 spiro atoms. The van der Waals surface area contributed by atoms with Gasteiger partial charge < -0.3 is 5.32 Å². The number of nitrogens with zero attached hydrogens (tertiary/aromatic N) is 2. The predicted octanol–water partition coefficient (Wildman–Crippen LogP) is 1.32. The second kappa shape index (κ2) is 10.5. The van der Waals surface area contributed by atoms with Crippen molar-refractivity contribution < 1.29 is 23.4 Å². The first kappa shape index (κ1) is 23.4. The number of anilines is 2. The van der Waals surface area contributed by atoms with Crippen molar-refractivity contribution in [3.05, 3.63) is 24.0 Å². The number of piperidine rings is 1. The maximum atomic E-state index is 14.9. The Hall–Kier alpha value is -2.75. The molecule has 176 valence electrons. The monoisotopic (exact) mass is 456 g/mol. The van der Waals surface area contributed by atoms with E-state index in [1.165, 1.54) is 13.2 Å². The van der Waals surface area contributed by atoms with Gasteiger partial charge in [0, 0.05) is 12.1 Å². The van der Waals surface area contributed by atoms with Crippen LogP contribution in [0.15, 0.2) is 18.2 Å². The van der Waals surface area contributed by atoms with Gasteiger partial charge in [0.25, 0.3) is 0 Å². The second-order valence-corrected chi connectivity index (χ2v) is 8.95. The zero-order valence-electron chi connectivity index (χ0n) is 18.7. The summed E-state index contributed by atoms with van der Waals surface area (Å²) in [5.41, 5.74) is 1.08. The van der Waals surface area contributed by atoms with E-state index in [9.17, 15) is 18.8 Å². The Morgan fingerprint density at radius 3 is 2.48 bits per heavy atom. The average molecular weight is 456 g/mol. The molecule has 0 aromatic heterocycles. The van der Waals surface area contributed by atoms with Crippen molar-refractivity contribution in [2.75, 3.05) is 36.4 Å². The van der Waals surface area contributed by atoms with Crippen LogP contribution in [-0.2, 0) is 19.0 Å². The Morgan fingerprint density at radius 1 is 1.12 bits per heavy atom. The van der Waals surface area contributed by atoms with Crippen LogP contribution in [0.25, 0.3) is 0 Å². The number of benzene rings is 1. The fourth-order valence-corrected chi connectivity index (χ4v) is 5.07. The van der Waals surface area contributed by atoms with Gasteiger partial charge in [0.1, 0.15) is 6.04 Å². The fraction of sp³-hybridized carbons (Fsp3) is 0.565. The number of piperazine rings is 1. The predicted molar refractivity (Wildman–Crippen MR) is 125 cm³/mol. The van der Waals surface area contributed by atoms with E-state index in [1.807, 2.05) is 0 Å². The molecule has 2 aliphatic heterocycles. The molecule has 4 rings (SSSR count). The fourth-order valence-electron chi connectivity index (χ4n) is 5.07. The number of halogens is 1. The van der Waals surface area contributed by atoms with Gasteiger partial charge in [0.2, 0.25) is 11.8 Å². The Balaban J connectivity index is 1.27. The summed E-state index contributed by atoms with van der Waals surface area (Å²) in [6, 6.07) is 4.85. The summed E-state index contributed by atoms with van der Waals surface area (Å²) in [5, 5.41) is 5.32. The van der Waals surface area contributed by atoms with Crippen molar-refractivity contribution in [1.29, 1.82) is 0 Å². The van der Waals surface area contributed by atoms with Crippen molar-refractivity contribution in [1.82, 2.24) is 10.2 Å². The first-order valence-corrected chi connectivity index (χ1v) is 11.6. The Kier molecular flexibility index (Phi) is 7.42. The molecule has 33 heavy (non-hydrogen) atoms. The first-order chi connectivity index (χ1) is 15.9. The van der Waals surface area contributed by atoms with Gasteiger partial charge in [-0.2, -0.15) is 0 Å². The number of carbonyl (C=O) groups excluding carboxylic acids is 3. The molecule has 2 amide bonds. The van der Waals surface area contributed by atoms with E-state index in [4.69, 9.17) is 4.65 Å². The molecule has 8 nitrogen and oxygen atoms in total. The molecule has 1 atom stereocenters. The minimum atomic E-state index is -0.537. The number of nitrogens with one attached hydrogen (secondary N) is 2. The van der Waals surface area contributed by atoms with Gasteiger partial charge in [-0.05, 0) is 18.6 Å². The third kappa shape index (κ3) is 5.61. The second-order valence-electron chi connectivity index (χ2n) is 8.95. The molecular weight excluding hydrogens is 426 g/mol. The molecule has 1 aliphatic carbocycles. The molecule has 2 heterocycles. The summed E-state index contributed by atoms with van der Waals surface area (Å²) in [4.78, 5) is 39.6. The van der Waals surface area contributed by atoms with E-state index in [-0.39, 0.29) is 35.9 Å². The minimum absolute atomic E-state index is 0.0399. The number of hydrogen-bond acceptors (Lipinski definition) is 7. The Morgan fingerprint density at radius 2 is 1.85 bits per heavy atom. The molecule has 1 aromatic carbocycles. The SMILES string of the molecule is C=BOC(=O)C1CCC(N2CCN(c3ccc(NC4CCC(=O)NC4=O)cc3F)CC2)CC1. The third-order valence-electron chi connectivity index (χ3n) is 6.93. The molecule has 1 saturated carbocycles. The molecule has 2 saturated heterocycles. The van der Waals surface area contributed by atoms with Crippen LogP contribution in [0.3, 0.4) is 0 Å². The van der Waals surface area contributed by atoms with Crippen molar-refractivity contribution in [2.24, 2.45) is 5.92 Å². The molecule has 0 bridgehead atoms. The van der Waals surface area contributed by atoms with Gasteiger partial charge >= 0.3 is 120 Å². The van der Waals surface area contributed by atoms with Crippen LogP contribution in [0.5, 0.6) is 0 Å². The van der Waals surface area contributed by atoms with Gasteiger partial charge in [-0.15, -0.1) is 0 Å². The third-order valence-corrected chi connectivity index (χ3v) is 6.93. The number of carbonyl (C=O) groups is 3. The zero-order valence-corrected chi connectivity index (χ0v) is 18.7. The quantitative estimate of drug-likeness (QED) is 0.493. The molecule has 1 aromatic rings. The van der Waals surface area contributed by atoms with Gasteiger partial charge in [-0.1, -0.05) is 0 Å². The summed E-state index contributed by atoms with van der Waals surface area (Å²) in [7, 11) is 1.20. The summed E-state index contributed by atoms with van der Waals surface area (Å²) in [6.07, 6.45) is 4.25. The van der Waals surface area contributed by atoms with Crippen LogP contribution in [0.1, 0.15) is 38.5 Å². The number of imide groups is 1. The molecule has 10 heteroatoms. The summed E-state index contributed by atoms with van der Waals surface area (Å²) in [6.45, 7) is 6.61. The van der Waals surface area contributed by atoms with Gasteiger partial charge in [-0.25, -0.2) is 4.39 Å². The summed E-state index contributed by atoms with van der Waals surface area (Å²) in [5.74, 6) is -1.20. The van der Waals surface area contributed by atoms with E-state index >= 15 is 0 Å². The van der Waals surface area contributed by atoms with Crippen LogP contribution in [0, 0.1) is 11.7 Å². The number of rotatable bonds is 6. The van der Waals surface area contributed by atoms with Crippen molar-refractivity contribution in [3.63, 3.8) is 0 Å².